The number of amides is 1. The number of rotatable bonds is 6. The lowest BCUT2D eigenvalue weighted by atomic mass is 9.53. The lowest BCUT2D eigenvalue weighted by molar-refractivity contribution is -0.385. The average molecular weight is 461 g/mol. The van der Waals surface area contributed by atoms with E-state index in [0.717, 1.165) is 30.5 Å². The fraction of sp³-hybridized carbons (Fsp3) is 0.480. The molecule has 9 heteroatoms. The third-order valence-electron chi connectivity index (χ3n) is 8.06. The van der Waals surface area contributed by atoms with Gasteiger partial charge < -0.3 is 4.90 Å². The van der Waals surface area contributed by atoms with Crippen LogP contribution < -0.4 is 0 Å². The second-order valence-electron chi connectivity index (χ2n) is 10.5. The molecule has 2 heterocycles. The maximum atomic E-state index is 13.3. The van der Waals surface area contributed by atoms with Gasteiger partial charge in [0.25, 0.3) is 5.91 Å². The van der Waals surface area contributed by atoms with Crippen LogP contribution in [0, 0.1) is 27.9 Å². The molecule has 7 rings (SSSR count). The molecule has 4 fully saturated rings. The molecule has 1 amide bonds. The molecule has 176 valence electrons. The lowest BCUT2D eigenvalue weighted by Gasteiger charge is -2.56. The Morgan fingerprint density at radius 2 is 1.79 bits per heavy atom. The second kappa shape index (κ2) is 7.78. The molecule has 0 N–H and O–H groups in total. The van der Waals surface area contributed by atoms with Crippen molar-refractivity contribution in [1.82, 2.24) is 24.5 Å². The predicted molar refractivity (Wildman–Crippen MR) is 124 cm³/mol. The number of aromatic nitrogens is 4. The van der Waals surface area contributed by atoms with E-state index in [9.17, 15) is 14.9 Å². The molecule has 2 aromatic heterocycles. The third-order valence-corrected chi connectivity index (χ3v) is 8.06. The summed E-state index contributed by atoms with van der Waals surface area (Å²) in [6.07, 6.45) is 12.0. The number of carbonyl (C=O) groups is 1. The molecule has 0 aliphatic heterocycles. The molecule has 4 saturated carbocycles. The van der Waals surface area contributed by atoms with E-state index in [1.165, 1.54) is 30.4 Å². The van der Waals surface area contributed by atoms with Gasteiger partial charge in [0.05, 0.1) is 16.1 Å². The minimum Gasteiger partial charge on any atom is -0.336 e. The van der Waals surface area contributed by atoms with E-state index in [1.807, 2.05) is 36.5 Å². The molecule has 3 aromatic rings. The Morgan fingerprint density at radius 3 is 2.35 bits per heavy atom. The number of hydrogen-bond acceptors (Lipinski definition) is 5. The highest BCUT2D eigenvalue weighted by Gasteiger charge is 2.53. The summed E-state index contributed by atoms with van der Waals surface area (Å²) in [5.74, 6) is 1.62. The van der Waals surface area contributed by atoms with Crippen LogP contribution in [0.15, 0.2) is 48.9 Å². The van der Waals surface area contributed by atoms with E-state index < -0.39 is 10.8 Å². The number of carbonyl (C=O) groups excluding carboxylic acids is 1. The summed E-state index contributed by atoms with van der Waals surface area (Å²) in [5.41, 5.74) is 1.43. The van der Waals surface area contributed by atoms with Crippen LogP contribution in [0.1, 0.15) is 54.6 Å². The number of benzene rings is 1. The first-order chi connectivity index (χ1) is 16.4. The Morgan fingerprint density at radius 1 is 1.15 bits per heavy atom. The van der Waals surface area contributed by atoms with Crippen LogP contribution in [0.25, 0.3) is 5.69 Å². The predicted octanol–water partition coefficient (Wildman–Crippen LogP) is 4.17. The van der Waals surface area contributed by atoms with Crippen molar-refractivity contribution < 1.29 is 9.72 Å². The highest BCUT2D eigenvalue weighted by molar-refractivity contribution is 5.95. The average Bonchev–Trinajstić information content (AvgIpc) is 3.49. The van der Waals surface area contributed by atoms with Gasteiger partial charge in [0.1, 0.15) is 6.20 Å². The Bertz CT molecular complexity index is 1190. The lowest BCUT2D eigenvalue weighted by Crippen LogP contribution is -2.52. The van der Waals surface area contributed by atoms with Crippen LogP contribution in [0.4, 0.5) is 5.69 Å². The maximum Gasteiger partial charge on any atom is 0.320 e. The Balaban J connectivity index is 1.24. The van der Waals surface area contributed by atoms with Crippen molar-refractivity contribution in [3.8, 4) is 5.69 Å². The summed E-state index contributed by atoms with van der Waals surface area (Å²) in [7, 11) is 1.66. The van der Waals surface area contributed by atoms with Crippen molar-refractivity contribution in [2.45, 2.75) is 50.6 Å². The van der Waals surface area contributed by atoms with Gasteiger partial charge in [-0.3, -0.25) is 19.6 Å². The molecule has 1 aromatic carbocycles. The normalized spacial score (nSPS) is 27.1. The summed E-state index contributed by atoms with van der Waals surface area (Å²) in [4.78, 5) is 26.2. The molecule has 4 bridgehead atoms. The monoisotopic (exact) mass is 460 g/mol. The zero-order chi connectivity index (χ0) is 23.4. The molecule has 34 heavy (non-hydrogen) atoms. The van der Waals surface area contributed by atoms with Gasteiger partial charge in [-0.1, -0.05) is 12.1 Å². The summed E-state index contributed by atoms with van der Waals surface area (Å²) in [6, 6.07) is 9.60. The van der Waals surface area contributed by atoms with Gasteiger partial charge in [0, 0.05) is 26.0 Å². The van der Waals surface area contributed by atoms with Gasteiger partial charge in [-0.25, -0.2) is 4.68 Å². The van der Waals surface area contributed by atoms with Crippen LogP contribution >= 0.6 is 0 Å². The summed E-state index contributed by atoms with van der Waals surface area (Å²) in [6.45, 7) is 0.333. The topological polar surface area (TPSA) is 99.1 Å². The highest BCUT2D eigenvalue weighted by atomic mass is 16.6. The van der Waals surface area contributed by atoms with E-state index >= 15 is 0 Å². The quantitative estimate of drug-likeness (QED) is 0.406. The first-order valence-electron chi connectivity index (χ1n) is 12.0. The summed E-state index contributed by atoms with van der Waals surface area (Å²) < 4.78 is 3.56. The fourth-order valence-electron chi connectivity index (χ4n) is 6.94. The van der Waals surface area contributed by atoms with Crippen LogP contribution in [0.3, 0.4) is 0 Å². The molecular weight excluding hydrogens is 432 g/mol. The van der Waals surface area contributed by atoms with Crippen molar-refractivity contribution in [1.29, 1.82) is 0 Å². The Hall–Kier alpha value is -3.49. The Kier molecular flexibility index (Phi) is 4.82. The largest absolute Gasteiger partial charge is 0.336 e. The van der Waals surface area contributed by atoms with Crippen molar-refractivity contribution in [3.05, 3.63) is 70.3 Å². The first-order valence-corrected chi connectivity index (χ1v) is 12.0. The summed E-state index contributed by atoms with van der Waals surface area (Å²) >= 11 is 0. The van der Waals surface area contributed by atoms with Gasteiger partial charge >= 0.3 is 5.69 Å². The minimum absolute atomic E-state index is 0.0589. The van der Waals surface area contributed by atoms with E-state index in [0.29, 0.717) is 24.3 Å². The van der Waals surface area contributed by atoms with E-state index in [4.69, 9.17) is 0 Å². The molecule has 0 unspecified atom stereocenters. The standard InChI is InChI=1S/C25H28N6O3/c1-28(15-17-3-5-21(6-4-17)29-8-2-7-26-29)24(32)23-22(31(33)34)16-30(27-23)25-12-18-9-19(13-25)11-20(10-18)14-25/h2-8,16,18-20H,9-15H2,1H3. The van der Waals surface area contributed by atoms with E-state index in [2.05, 4.69) is 10.2 Å². The van der Waals surface area contributed by atoms with E-state index in [-0.39, 0.29) is 16.9 Å². The number of nitro groups is 1. The zero-order valence-corrected chi connectivity index (χ0v) is 19.2. The van der Waals surface area contributed by atoms with Crippen LogP contribution in [-0.4, -0.2) is 42.3 Å². The van der Waals surface area contributed by atoms with Crippen molar-refractivity contribution in [3.63, 3.8) is 0 Å². The molecule has 0 radical (unpaired) electrons. The smallest absolute Gasteiger partial charge is 0.320 e. The van der Waals surface area contributed by atoms with Gasteiger partial charge in [0.2, 0.25) is 5.69 Å². The number of nitrogens with zero attached hydrogens (tertiary/aromatic N) is 6. The molecule has 0 atom stereocenters. The third kappa shape index (κ3) is 3.50. The molecule has 0 saturated heterocycles. The van der Waals surface area contributed by atoms with Gasteiger partial charge in [-0.2, -0.15) is 10.2 Å². The first kappa shape index (κ1) is 21.1. The van der Waals surface area contributed by atoms with Crippen molar-refractivity contribution in [2.75, 3.05) is 7.05 Å². The van der Waals surface area contributed by atoms with Crippen molar-refractivity contribution >= 4 is 11.6 Å². The molecule has 0 spiro atoms. The fourth-order valence-corrected chi connectivity index (χ4v) is 6.94. The Labute approximate surface area is 197 Å². The second-order valence-corrected chi connectivity index (χ2v) is 10.5. The molecule has 4 aliphatic rings. The van der Waals surface area contributed by atoms with Gasteiger partial charge in [-0.05, 0) is 80.0 Å². The minimum atomic E-state index is -0.468. The summed E-state index contributed by atoms with van der Waals surface area (Å²) in [5, 5.41) is 20.7. The zero-order valence-electron chi connectivity index (χ0n) is 19.2. The highest BCUT2D eigenvalue weighted by Crippen LogP contribution is 2.58. The SMILES string of the molecule is CN(Cc1ccc(-n2cccn2)cc1)C(=O)c1nn(C23CC4CC(CC(C4)C2)C3)cc1[N+](=O)[O-]. The molecule has 4 aliphatic carbocycles. The molecule has 9 nitrogen and oxygen atoms in total. The van der Waals surface area contributed by atoms with Crippen LogP contribution in [-0.2, 0) is 12.1 Å². The maximum absolute atomic E-state index is 13.3. The van der Waals surface area contributed by atoms with E-state index in [1.54, 1.807) is 22.6 Å². The van der Waals surface area contributed by atoms with Gasteiger partial charge in [0.15, 0.2) is 0 Å². The van der Waals surface area contributed by atoms with Crippen LogP contribution in [0.5, 0.6) is 0 Å². The number of hydrogen-bond donors (Lipinski definition) is 0. The van der Waals surface area contributed by atoms with Crippen molar-refractivity contribution in [2.24, 2.45) is 17.8 Å². The van der Waals surface area contributed by atoms with Gasteiger partial charge in [-0.15, -0.1) is 0 Å². The molecular formula is C25H28N6O3. The van der Waals surface area contributed by atoms with Crippen LogP contribution in [0.2, 0.25) is 0 Å².